The lowest BCUT2D eigenvalue weighted by Crippen LogP contribution is -2.61. The van der Waals surface area contributed by atoms with E-state index in [-0.39, 0.29) is 0 Å². The number of hydrogen-bond acceptors (Lipinski definition) is 3. The van der Waals surface area contributed by atoms with Gasteiger partial charge in [-0.25, -0.2) is 0 Å². The maximum absolute atomic E-state index is 5.47. The van der Waals surface area contributed by atoms with Crippen molar-refractivity contribution >= 4 is 0 Å². The lowest BCUT2D eigenvalue weighted by atomic mass is 9.88. The molecule has 2 heterocycles. The maximum Gasteiger partial charge on any atom is 0.0469 e. The van der Waals surface area contributed by atoms with Gasteiger partial charge in [-0.05, 0) is 44.4 Å². The minimum absolute atomic E-state index is 0.441. The van der Waals surface area contributed by atoms with Crippen LogP contribution in [0.4, 0.5) is 0 Å². The normalized spacial score (nSPS) is 37.2. The van der Waals surface area contributed by atoms with E-state index in [9.17, 15) is 0 Å². The first-order valence-electron chi connectivity index (χ1n) is 7.32. The van der Waals surface area contributed by atoms with E-state index < -0.39 is 0 Å². The second-order valence-corrected chi connectivity index (χ2v) is 6.31. The standard InChI is InChI=1S/C14H26N2O/c1-14(13-2-3-13)11-15-6-7-16(14)10-12-4-8-17-9-5-12/h12-13,15H,2-11H2,1H3. The van der Waals surface area contributed by atoms with Gasteiger partial charge < -0.3 is 10.1 Å². The molecule has 3 nitrogen and oxygen atoms in total. The van der Waals surface area contributed by atoms with E-state index in [2.05, 4.69) is 17.1 Å². The number of ether oxygens (including phenoxy) is 1. The van der Waals surface area contributed by atoms with Crippen molar-refractivity contribution in [1.82, 2.24) is 10.2 Å². The van der Waals surface area contributed by atoms with Crippen molar-refractivity contribution in [1.29, 1.82) is 0 Å². The highest BCUT2D eigenvalue weighted by atomic mass is 16.5. The van der Waals surface area contributed by atoms with Crippen LogP contribution >= 0.6 is 0 Å². The van der Waals surface area contributed by atoms with Gasteiger partial charge in [-0.1, -0.05) is 0 Å². The van der Waals surface area contributed by atoms with E-state index in [1.54, 1.807) is 0 Å². The van der Waals surface area contributed by atoms with Crippen LogP contribution in [-0.4, -0.2) is 49.8 Å². The molecular formula is C14H26N2O. The van der Waals surface area contributed by atoms with E-state index in [4.69, 9.17) is 4.74 Å². The van der Waals surface area contributed by atoms with Crippen LogP contribution in [-0.2, 0) is 4.74 Å². The summed E-state index contributed by atoms with van der Waals surface area (Å²) in [6.45, 7) is 9.36. The topological polar surface area (TPSA) is 24.5 Å². The maximum atomic E-state index is 5.47. The summed E-state index contributed by atoms with van der Waals surface area (Å²) in [5.74, 6) is 1.83. The number of hydrogen-bond donors (Lipinski definition) is 1. The lowest BCUT2D eigenvalue weighted by Gasteiger charge is -2.47. The van der Waals surface area contributed by atoms with Crippen LogP contribution in [0.15, 0.2) is 0 Å². The van der Waals surface area contributed by atoms with Gasteiger partial charge in [-0.3, -0.25) is 4.90 Å². The molecule has 0 amide bonds. The average molecular weight is 238 g/mol. The molecule has 1 aliphatic carbocycles. The molecule has 0 aromatic heterocycles. The number of piperazine rings is 1. The van der Waals surface area contributed by atoms with Gasteiger partial charge in [0.05, 0.1) is 0 Å². The molecule has 0 bridgehead atoms. The average Bonchev–Trinajstić information content (AvgIpc) is 3.18. The Morgan fingerprint density at radius 1 is 1.24 bits per heavy atom. The van der Waals surface area contributed by atoms with E-state index >= 15 is 0 Å². The third-order valence-corrected chi connectivity index (χ3v) is 5.04. The zero-order valence-electron chi connectivity index (χ0n) is 11.1. The van der Waals surface area contributed by atoms with Crippen molar-refractivity contribution in [2.24, 2.45) is 11.8 Å². The fourth-order valence-electron chi connectivity index (χ4n) is 3.57. The summed E-state index contributed by atoms with van der Waals surface area (Å²) in [5.41, 5.74) is 0.441. The zero-order chi connectivity index (χ0) is 11.7. The molecule has 2 aliphatic heterocycles. The van der Waals surface area contributed by atoms with Crippen LogP contribution in [0, 0.1) is 11.8 Å². The number of nitrogens with one attached hydrogen (secondary N) is 1. The van der Waals surface area contributed by atoms with Crippen LogP contribution in [0.2, 0.25) is 0 Å². The molecule has 98 valence electrons. The first-order valence-corrected chi connectivity index (χ1v) is 7.32. The minimum atomic E-state index is 0.441. The summed E-state index contributed by atoms with van der Waals surface area (Å²) < 4.78 is 5.47. The Morgan fingerprint density at radius 3 is 2.71 bits per heavy atom. The lowest BCUT2D eigenvalue weighted by molar-refractivity contribution is 0.00709. The van der Waals surface area contributed by atoms with E-state index in [1.807, 2.05) is 0 Å². The second-order valence-electron chi connectivity index (χ2n) is 6.31. The number of nitrogens with zero attached hydrogens (tertiary/aromatic N) is 1. The first-order chi connectivity index (χ1) is 8.29. The molecule has 3 rings (SSSR count). The predicted octanol–water partition coefficient (Wildman–Crippen LogP) is 1.49. The Labute approximate surface area is 105 Å². The Hall–Kier alpha value is -0.120. The molecule has 0 spiro atoms. The smallest absolute Gasteiger partial charge is 0.0469 e. The van der Waals surface area contributed by atoms with Crippen LogP contribution in [0.3, 0.4) is 0 Å². The fraction of sp³-hybridized carbons (Fsp3) is 1.00. The van der Waals surface area contributed by atoms with Gasteiger partial charge in [0.15, 0.2) is 0 Å². The third-order valence-electron chi connectivity index (χ3n) is 5.04. The van der Waals surface area contributed by atoms with Gasteiger partial charge in [0.1, 0.15) is 0 Å². The van der Waals surface area contributed by atoms with Crippen molar-refractivity contribution < 1.29 is 4.74 Å². The Morgan fingerprint density at radius 2 is 2.00 bits per heavy atom. The largest absolute Gasteiger partial charge is 0.381 e. The van der Waals surface area contributed by atoms with Gasteiger partial charge >= 0.3 is 0 Å². The van der Waals surface area contributed by atoms with Crippen molar-refractivity contribution in [3.63, 3.8) is 0 Å². The summed E-state index contributed by atoms with van der Waals surface area (Å²) in [6.07, 6.45) is 5.43. The van der Waals surface area contributed by atoms with Gasteiger partial charge in [0.25, 0.3) is 0 Å². The molecule has 17 heavy (non-hydrogen) atoms. The molecular weight excluding hydrogens is 212 g/mol. The van der Waals surface area contributed by atoms with Crippen LogP contribution in [0.25, 0.3) is 0 Å². The molecule has 1 unspecified atom stereocenters. The molecule has 1 atom stereocenters. The molecule has 0 aromatic rings. The van der Waals surface area contributed by atoms with Crippen LogP contribution in [0.1, 0.15) is 32.6 Å². The van der Waals surface area contributed by atoms with Crippen molar-refractivity contribution in [2.75, 3.05) is 39.4 Å². The Kier molecular flexibility index (Phi) is 3.42. The molecule has 1 saturated carbocycles. The monoisotopic (exact) mass is 238 g/mol. The highest BCUT2D eigenvalue weighted by Gasteiger charge is 2.46. The highest BCUT2D eigenvalue weighted by Crippen LogP contribution is 2.43. The first kappa shape index (κ1) is 11.9. The highest BCUT2D eigenvalue weighted by molar-refractivity contribution is 5.03. The molecule has 3 aliphatic rings. The third kappa shape index (κ3) is 2.51. The van der Waals surface area contributed by atoms with E-state index in [0.29, 0.717) is 5.54 Å². The summed E-state index contributed by atoms with van der Waals surface area (Å²) in [7, 11) is 0. The van der Waals surface area contributed by atoms with Gasteiger partial charge in [0, 0.05) is 44.9 Å². The zero-order valence-corrected chi connectivity index (χ0v) is 11.1. The molecule has 1 N–H and O–H groups in total. The predicted molar refractivity (Wildman–Crippen MR) is 69.1 cm³/mol. The van der Waals surface area contributed by atoms with Gasteiger partial charge in [-0.2, -0.15) is 0 Å². The van der Waals surface area contributed by atoms with Crippen molar-refractivity contribution in [2.45, 2.75) is 38.1 Å². The van der Waals surface area contributed by atoms with Crippen molar-refractivity contribution in [3.05, 3.63) is 0 Å². The SMILES string of the molecule is CC1(C2CC2)CNCCN1CC1CCOCC1. The fourth-order valence-corrected chi connectivity index (χ4v) is 3.57. The summed E-state index contributed by atoms with van der Waals surface area (Å²) in [6, 6.07) is 0. The van der Waals surface area contributed by atoms with Gasteiger partial charge in [0.2, 0.25) is 0 Å². The van der Waals surface area contributed by atoms with Crippen LogP contribution in [0.5, 0.6) is 0 Å². The molecule has 3 heteroatoms. The Balaban J connectivity index is 1.62. The van der Waals surface area contributed by atoms with E-state index in [0.717, 1.165) is 25.0 Å². The van der Waals surface area contributed by atoms with Crippen LogP contribution < -0.4 is 5.32 Å². The Bertz CT molecular complexity index is 261. The quantitative estimate of drug-likeness (QED) is 0.806. The minimum Gasteiger partial charge on any atom is -0.381 e. The molecule has 2 saturated heterocycles. The van der Waals surface area contributed by atoms with Gasteiger partial charge in [-0.15, -0.1) is 0 Å². The van der Waals surface area contributed by atoms with Crippen molar-refractivity contribution in [3.8, 4) is 0 Å². The number of rotatable bonds is 3. The summed E-state index contributed by atoms with van der Waals surface area (Å²) in [4.78, 5) is 2.79. The van der Waals surface area contributed by atoms with E-state index in [1.165, 1.54) is 51.9 Å². The molecule has 0 radical (unpaired) electrons. The molecule has 3 fully saturated rings. The second kappa shape index (κ2) is 4.87. The summed E-state index contributed by atoms with van der Waals surface area (Å²) >= 11 is 0. The summed E-state index contributed by atoms with van der Waals surface area (Å²) in [5, 5.41) is 3.60. The molecule has 0 aromatic carbocycles.